The molecule has 1 atom stereocenters. The molecule has 2 aliphatic rings. The SMILES string of the molecule is Cc1c([C@@H](C)Cc2ccn3nccc3c2Br)ccc(C(=N)C2=CC=CN3C2=CCN3C)c1Nc1ccc(F)nc1. The standard InChI is InChI=1S/C31H29BrFN7/c1-19(17-21-11-16-39-27(29(21)32)10-13-36-39)23-7-8-25(31(20(23)2)37-22-6-9-28(33)35-18-22)30(34)24-5-4-14-40-26(24)12-15-38(40)3/h4-14,16,18-19,34,37H,15,17H2,1-3H3/t19-/m0/s1. The fourth-order valence-electron chi connectivity index (χ4n) is 5.50. The number of rotatable bonds is 7. The van der Waals surface area contributed by atoms with Crippen LogP contribution in [0.2, 0.25) is 0 Å². The van der Waals surface area contributed by atoms with E-state index in [1.807, 2.05) is 48.2 Å². The molecule has 6 rings (SSSR count). The fourth-order valence-corrected chi connectivity index (χ4v) is 6.11. The average Bonchev–Trinajstić information content (AvgIpc) is 3.59. The molecule has 3 aromatic heterocycles. The number of likely N-dealkylation sites (N-methyl/N-ethyl adjacent to an activating group) is 1. The molecule has 0 saturated carbocycles. The lowest BCUT2D eigenvalue weighted by Gasteiger charge is -2.30. The van der Waals surface area contributed by atoms with E-state index in [0.29, 0.717) is 11.4 Å². The number of allylic oxidation sites excluding steroid dienone is 3. The van der Waals surface area contributed by atoms with Gasteiger partial charge in [0, 0.05) is 41.6 Å². The Morgan fingerprint density at radius 3 is 2.85 bits per heavy atom. The molecule has 0 fully saturated rings. The number of hydrogen-bond donors (Lipinski definition) is 2. The van der Waals surface area contributed by atoms with Crippen LogP contribution in [0.3, 0.4) is 0 Å². The zero-order chi connectivity index (χ0) is 28.0. The molecule has 40 heavy (non-hydrogen) atoms. The number of aromatic nitrogens is 3. The van der Waals surface area contributed by atoms with Gasteiger partial charge in [0.2, 0.25) is 5.95 Å². The molecule has 0 amide bonds. The van der Waals surface area contributed by atoms with Crippen LogP contribution in [0.4, 0.5) is 15.8 Å². The molecule has 2 N–H and O–H groups in total. The van der Waals surface area contributed by atoms with Crippen molar-refractivity contribution in [1.29, 1.82) is 5.41 Å². The highest BCUT2D eigenvalue weighted by Crippen LogP contribution is 2.37. The van der Waals surface area contributed by atoms with Crippen LogP contribution in [-0.4, -0.2) is 43.9 Å². The van der Waals surface area contributed by atoms with Crippen LogP contribution in [0.1, 0.15) is 35.1 Å². The van der Waals surface area contributed by atoms with Gasteiger partial charge in [0.05, 0.1) is 40.7 Å². The van der Waals surface area contributed by atoms with Gasteiger partial charge in [-0.1, -0.05) is 19.1 Å². The molecule has 202 valence electrons. The van der Waals surface area contributed by atoms with Crippen LogP contribution in [0.25, 0.3) is 5.52 Å². The molecule has 5 heterocycles. The highest BCUT2D eigenvalue weighted by Gasteiger charge is 2.28. The third-order valence-electron chi connectivity index (χ3n) is 7.62. The van der Waals surface area contributed by atoms with Crippen LogP contribution >= 0.6 is 15.9 Å². The molecule has 0 radical (unpaired) electrons. The molecule has 0 unspecified atom stereocenters. The second kappa shape index (κ2) is 10.5. The molecule has 1 aromatic carbocycles. The highest BCUT2D eigenvalue weighted by molar-refractivity contribution is 9.10. The molecule has 7 nitrogen and oxygen atoms in total. The summed E-state index contributed by atoms with van der Waals surface area (Å²) in [7, 11) is 2.03. The number of fused-ring (bicyclic) bond motifs is 2. The predicted molar refractivity (Wildman–Crippen MR) is 160 cm³/mol. The van der Waals surface area contributed by atoms with Crippen molar-refractivity contribution in [2.45, 2.75) is 26.2 Å². The van der Waals surface area contributed by atoms with Crippen LogP contribution in [-0.2, 0) is 6.42 Å². The van der Waals surface area contributed by atoms with E-state index < -0.39 is 5.95 Å². The zero-order valence-corrected chi connectivity index (χ0v) is 24.1. The lowest BCUT2D eigenvalue weighted by Crippen LogP contribution is -2.32. The summed E-state index contributed by atoms with van der Waals surface area (Å²) < 4.78 is 16.5. The van der Waals surface area contributed by atoms with Gasteiger partial charge in [-0.25, -0.2) is 14.5 Å². The summed E-state index contributed by atoms with van der Waals surface area (Å²) in [4.78, 5) is 3.83. The van der Waals surface area contributed by atoms with Crippen LogP contribution in [0.5, 0.6) is 0 Å². The number of hydrazine groups is 1. The summed E-state index contributed by atoms with van der Waals surface area (Å²) in [6, 6.07) is 11.3. The van der Waals surface area contributed by atoms with Crippen molar-refractivity contribution in [3.63, 3.8) is 0 Å². The molecule has 0 spiro atoms. The number of nitrogens with one attached hydrogen (secondary N) is 2. The third-order valence-corrected chi connectivity index (χ3v) is 8.54. The third kappa shape index (κ3) is 4.65. The summed E-state index contributed by atoms with van der Waals surface area (Å²) >= 11 is 3.78. The first-order valence-electron chi connectivity index (χ1n) is 13.1. The van der Waals surface area contributed by atoms with Crippen molar-refractivity contribution in [1.82, 2.24) is 24.6 Å². The number of benzene rings is 1. The van der Waals surface area contributed by atoms with Crippen molar-refractivity contribution in [3.8, 4) is 0 Å². The molecule has 0 aliphatic carbocycles. The summed E-state index contributed by atoms with van der Waals surface area (Å²) in [6.07, 6.45) is 14.2. The van der Waals surface area contributed by atoms with Crippen LogP contribution in [0, 0.1) is 18.3 Å². The Balaban J connectivity index is 1.39. The first kappa shape index (κ1) is 26.2. The summed E-state index contributed by atoms with van der Waals surface area (Å²) in [5.74, 6) is -0.342. The minimum atomic E-state index is -0.533. The van der Waals surface area contributed by atoms with E-state index in [2.05, 4.69) is 73.4 Å². The van der Waals surface area contributed by atoms with Gasteiger partial charge in [-0.2, -0.15) is 9.49 Å². The topological polar surface area (TPSA) is 72.6 Å². The molecular formula is C31H29BrFN7. The Bertz CT molecular complexity index is 1720. The van der Waals surface area contributed by atoms with E-state index in [1.165, 1.54) is 23.4 Å². The number of halogens is 2. The Hall–Kier alpha value is -4.08. The van der Waals surface area contributed by atoms with E-state index in [9.17, 15) is 9.80 Å². The molecule has 2 aliphatic heterocycles. The zero-order valence-electron chi connectivity index (χ0n) is 22.5. The van der Waals surface area contributed by atoms with Crippen LogP contribution in [0.15, 0.2) is 95.2 Å². The van der Waals surface area contributed by atoms with E-state index in [1.54, 1.807) is 12.3 Å². The van der Waals surface area contributed by atoms with Gasteiger partial charge in [0.25, 0.3) is 0 Å². The number of hydrogen-bond acceptors (Lipinski definition) is 6. The molecule has 4 aromatic rings. The van der Waals surface area contributed by atoms with Crippen molar-refractivity contribution in [2.24, 2.45) is 0 Å². The summed E-state index contributed by atoms with van der Waals surface area (Å²) in [6.45, 7) is 5.09. The van der Waals surface area contributed by atoms with Gasteiger partial charge in [-0.15, -0.1) is 0 Å². The monoisotopic (exact) mass is 597 g/mol. The number of pyridine rings is 2. The molecule has 0 bridgehead atoms. The Kier molecular flexibility index (Phi) is 6.85. The van der Waals surface area contributed by atoms with Gasteiger partial charge in [-0.3, -0.25) is 10.4 Å². The summed E-state index contributed by atoms with van der Waals surface area (Å²) in [5, 5.41) is 21.3. The Morgan fingerprint density at radius 2 is 2.05 bits per heavy atom. The van der Waals surface area contributed by atoms with Crippen molar-refractivity contribution < 1.29 is 4.39 Å². The predicted octanol–water partition coefficient (Wildman–Crippen LogP) is 6.90. The van der Waals surface area contributed by atoms with Gasteiger partial charge in [0.15, 0.2) is 0 Å². The largest absolute Gasteiger partial charge is 0.353 e. The van der Waals surface area contributed by atoms with E-state index in [-0.39, 0.29) is 5.92 Å². The smallest absolute Gasteiger partial charge is 0.212 e. The van der Waals surface area contributed by atoms with E-state index in [4.69, 9.17) is 0 Å². The van der Waals surface area contributed by atoms with E-state index in [0.717, 1.165) is 51.0 Å². The Morgan fingerprint density at radius 1 is 1.20 bits per heavy atom. The maximum absolute atomic E-state index is 13.6. The number of nitrogens with zero attached hydrogens (tertiary/aromatic N) is 5. The number of anilines is 2. The second-order valence-corrected chi connectivity index (χ2v) is 11.0. The quantitative estimate of drug-likeness (QED) is 0.179. The van der Waals surface area contributed by atoms with Crippen molar-refractivity contribution >= 4 is 38.5 Å². The molecular weight excluding hydrogens is 569 g/mol. The maximum atomic E-state index is 13.6. The lowest BCUT2D eigenvalue weighted by atomic mass is 9.86. The molecule has 0 saturated heterocycles. The Labute approximate surface area is 240 Å². The molecule has 9 heteroatoms. The van der Waals surface area contributed by atoms with Crippen molar-refractivity contribution in [3.05, 3.63) is 123 Å². The first-order chi connectivity index (χ1) is 19.3. The van der Waals surface area contributed by atoms with Crippen molar-refractivity contribution in [2.75, 3.05) is 18.9 Å². The highest BCUT2D eigenvalue weighted by atomic mass is 79.9. The maximum Gasteiger partial charge on any atom is 0.212 e. The first-order valence-corrected chi connectivity index (χ1v) is 13.9. The summed E-state index contributed by atoms with van der Waals surface area (Å²) in [5.41, 5.74) is 8.98. The lowest BCUT2D eigenvalue weighted by molar-refractivity contribution is 0.131. The van der Waals surface area contributed by atoms with Gasteiger partial charge >= 0.3 is 0 Å². The van der Waals surface area contributed by atoms with E-state index >= 15 is 0 Å². The van der Waals surface area contributed by atoms with Gasteiger partial charge in [-0.05, 0) is 94.4 Å². The average molecular weight is 599 g/mol. The van der Waals surface area contributed by atoms with Crippen LogP contribution < -0.4 is 5.32 Å². The van der Waals surface area contributed by atoms with Gasteiger partial charge in [0.1, 0.15) is 0 Å². The second-order valence-electron chi connectivity index (χ2n) is 10.2. The fraction of sp³-hybridized carbons (Fsp3) is 0.194. The minimum Gasteiger partial charge on any atom is -0.353 e. The normalized spacial score (nSPS) is 15.7. The van der Waals surface area contributed by atoms with Gasteiger partial charge < -0.3 is 5.32 Å². The minimum absolute atomic E-state index is 0.190.